The van der Waals surface area contributed by atoms with E-state index in [2.05, 4.69) is 17.0 Å². The second-order valence-electron chi connectivity index (χ2n) is 6.01. The highest BCUT2D eigenvalue weighted by atomic mass is 32.2. The Kier molecular flexibility index (Phi) is 6.90. The molecule has 2 aromatic rings. The van der Waals surface area contributed by atoms with Crippen LogP contribution in [0.3, 0.4) is 0 Å². The van der Waals surface area contributed by atoms with Crippen molar-refractivity contribution in [2.75, 3.05) is 19.0 Å². The van der Waals surface area contributed by atoms with E-state index in [9.17, 15) is 13.2 Å². The summed E-state index contributed by atoms with van der Waals surface area (Å²) in [7, 11) is -2.12. The number of benzene rings is 2. The van der Waals surface area contributed by atoms with Gasteiger partial charge in [-0.05, 0) is 55.3 Å². The largest absolute Gasteiger partial charge is 0.383 e. The minimum absolute atomic E-state index is 0.130. The van der Waals surface area contributed by atoms with Gasteiger partial charge in [-0.25, -0.2) is 13.1 Å². The molecule has 1 amide bonds. The normalized spacial score (nSPS) is 12.6. The molecule has 0 saturated heterocycles. The SMILES string of the molecule is CCc1ccc(C(=O)Nc2ccc(S(=O)(=O)NC(C)COC)cc2)cc1. The fraction of sp³-hybridized carbons (Fsp3) is 0.316. The smallest absolute Gasteiger partial charge is 0.255 e. The summed E-state index contributed by atoms with van der Waals surface area (Å²) in [5.41, 5.74) is 2.23. The first-order valence-corrected chi connectivity index (χ1v) is 9.85. The van der Waals surface area contributed by atoms with Crippen molar-refractivity contribution < 1.29 is 17.9 Å². The monoisotopic (exact) mass is 376 g/mol. The van der Waals surface area contributed by atoms with Gasteiger partial charge in [0, 0.05) is 24.4 Å². The minimum Gasteiger partial charge on any atom is -0.383 e. The van der Waals surface area contributed by atoms with Crippen molar-refractivity contribution in [3.05, 3.63) is 59.7 Å². The number of carbonyl (C=O) groups excluding carboxylic acids is 1. The highest BCUT2D eigenvalue weighted by Crippen LogP contribution is 2.16. The molecule has 0 aromatic heterocycles. The van der Waals surface area contributed by atoms with Crippen LogP contribution in [0.5, 0.6) is 0 Å². The Bertz CT molecular complexity index is 831. The van der Waals surface area contributed by atoms with Crippen molar-refractivity contribution in [2.24, 2.45) is 0 Å². The molecule has 6 nitrogen and oxygen atoms in total. The fourth-order valence-corrected chi connectivity index (χ4v) is 3.66. The first-order valence-electron chi connectivity index (χ1n) is 8.37. The van der Waals surface area contributed by atoms with Crippen molar-refractivity contribution in [3.63, 3.8) is 0 Å². The molecule has 0 bridgehead atoms. The first kappa shape index (κ1) is 20.1. The molecule has 0 saturated carbocycles. The Labute approximate surface area is 154 Å². The Morgan fingerprint density at radius 1 is 1.08 bits per heavy atom. The molecule has 7 heteroatoms. The first-order chi connectivity index (χ1) is 12.4. The molecule has 0 radical (unpaired) electrons. The predicted octanol–water partition coefficient (Wildman–Crippen LogP) is 2.81. The van der Waals surface area contributed by atoms with Crippen molar-refractivity contribution in [2.45, 2.75) is 31.2 Å². The molecule has 140 valence electrons. The molecular weight excluding hydrogens is 352 g/mol. The van der Waals surface area contributed by atoms with E-state index < -0.39 is 10.0 Å². The summed E-state index contributed by atoms with van der Waals surface area (Å²) in [5.74, 6) is -0.241. The molecule has 1 atom stereocenters. The second kappa shape index (κ2) is 8.93. The maximum absolute atomic E-state index is 12.3. The van der Waals surface area contributed by atoms with Crippen LogP contribution in [0, 0.1) is 0 Å². The minimum atomic E-state index is -3.63. The Morgan fingerprint density at radius 2 is 1.69 bits per heavy atom. The van der Waals surface area contributed by atoms with E-state index in [-0.39, 0.29) is 23.5 Å². The van der Waals surface area contributed by atoms with Crippen LogP contribution in [-0.4, -0.2) is 34.1 Å². The van der Waals surface area contributed by atoms with Crippen LogP contribution < -0.4 is 10.0 Å². The number of rotatable bonds is 8. The molecule has 26 heavy (non-hydrogen) atoms. The van der Waals surface area contributed by atoms with Crippen LogP contribution in [0.25, 0.3) is 0 Å². The van der Waals surface area contributed by atoms with E-state index >= 15 is 0 Å². The summed E-state index contributed by atoms with van der Waals surface area (Å²) in [4.78, 5) is 12.4. The number of ether oxygens (including phenoxy) is 1. The molecule has 0 spiro atoms. The molecule has 0 aliphatic carbocycles. The summed E-state index contributed by atoms with van der Waals surface area (Å²) in [6.07, 6.45) is 0.912. The summed E-state index contributed by atoms with van der Waals surface area (Å²) in [5, 5.41) is 2.76. The molecule has 0 aliphatic rings. The molecule has 2 rings (SSSR count). The lowest BCUT2D eigenvalue weighted by Crippen LogP contribution is -2.35. The number of amides is 1. The predicted molar refractivity (Wildman–Crippen MR) is 102 cm³/mol. The van der Waals surface area contributed by atoms with E-state index in [1.54, 1.807) is 31.2 Å². The maximum Gasteiger partial charge on any atom is 0.255 e. The average molecular weight is 376 g/mol. The molecular formula is C19H24N2O4S. The number of aryl methyl sites for hydroxylation is 1. The third-order valence-electron chi connectivity index (χ3n) is 3.82. The third kappa shape index (κ3) is 5.39. The van der Waals surface area contributed by atoms with Crippen LogP contribution >= 0.6 is 0 Å². The summed E-state index contributed by atoms with van der Waals surface area (Å²) in [6.45, 7) is 4.05. The second-order valence-corrected chi connectivity index (χ2v) is 7.72. The topological polar surface area (TPSA) is 84.5 Å². The lowest BCUT2D eigenvalue weighted by Gasteiger charge is -2.13. The van der Waals surface area contributed by atoms with Crippen molar-refractivity contribution in [1.29, 1.82) is 0 Å². The zero-order valence-corrected chi connectivity index (χ0v) is 16.0. The van der Waals surface area contributed by atoms with Crippen molar-refractivity contribution >= 4 is 21.6 Å². The third-order valence-corrected chi connectivity index (χ3v) is 5.43. The summed E-state index contributed by atoms with van der Waals surface area (Å²) >= 11 is 0. The number of methoxy groups -OCH3 is 1. The quantitative estimate of drug-likeness (QED) is 0.742. The Balaban J connectivity index is 2.05. The van der Waals surface area contributed by atoms with Crippen LogP contribution in [0.2, 0.25) is 0 Å². The molecule has 0 heterocycles. The van der Waals surface area contributed by atoms with Gasteiger partial charge in [0.2, 0.25) is 10.0 Å². The van der Waals surface area contributed by atoms with Crippen molar-refractivity contribution in [3.8, 4) is 0 Å². The highest BCUT2D eigenvalue weighted by Gasteiger charge is 2.17. The zero-order valence-electron chi connectivity index (χ0n) is 15.2. The van der Waals surface area contributed by atoms with Gasteiger partial charge in [0.25, 0.3) is 5.91 Å². The number of hydrogen-bond donors (Lipinski definition) is 2. The van der Waals surface area contributed by atoms with Gasteiger partial charge >= 0.3 is 0 Å². The summed E-state index contributed by atoms with van der Waals surface area (Å²) in [6, 6.07) is 13.1. The average Bonchev–Trinajstić information content (AvgIpc) is 2.62. The van der Waals surface area contributed by atoms with Gasteiger partial charge in [-0.1, -0.05) is 19.1 Å². The van der Waals surface area contributed by atoms with E-state index in [4.69, 9.17) is 4.74 Å². The zero-order chi connectivity index (χ0) is 19.2. The van der Waals surface area contributed by atoms with E-state index in [1.165, 1.54) is 19.2 Å². The van der Waals surface area contributed by atoms with Crippen LogP contribution in [0.1, 0.15) is 29.8 Å². The van der Waals surface area contributed by atoms with E-state index in [0.717, 1.165) is 12.0 Å². The van der Waals surface area contributed by atoms with Gasteiger partial charge in [0.05, 0.1) is 11.5 Å². The van der Waals surface area contributed by atoms with Gasteiger partial charge in [-0.15, -0.1) is 0 Å². The number of carbonyl (C=O) groups is 1. The molecule has 2 N–H and O–H groups in total. The number of hydrogen-bond acceptors (Lipinski definition) is 4. The van der Waals surface area contributed by atoms with Gasteiger partial charge in [0.1, 0.15) is 0 Å². The van der Waals surface area contributed by atoms with Crippen LogP contribution in [0.15, 0.2) is 53.4 Å². The van der Waals surface area contributed by atoms with E-state index in [1.807, 2.05) is 12.1 Å². The highest BCUT2D eigenvalue weighted by molar-refractivity contribution is 7.89. The van der Waals surface area contributed by atoms with Gasteiger partial charge < -0.3 is 10.1 Å². The standard InChI is InChI=1S/C19H24N2O4S/c1-4-15-5-7-16(8-6-15)19(22)20-17-9-11-18(12-10-17)26(23,24)21-14(2)13-25-3/h5-12,14,21H,4,13H2,1-3H3,(H,20,22). The van der Waals surface area contributed by atoms with Crippen LogP contribution in [0.4, 0.5) is 5.69 Å². The summed E-state index contributed by atoms with van der Waals surface area (Å²) < 4.78 is 32.0. The Morgan fingerprint density at radius 3 is 2.23 bits per heavy atom. The van der Waals surface area contributed by atoms with Crippen molar-refractivity contribution in [1.82, 2.24) is 4.72 Å². The number of nitrogens with one attached hydrogen (secondary N) is 2. The van der Waals surface area contributed by atoms with E-state index in [0.29, 0.717) is 11.3 Å². The lowest BCUT2D eigenvalue weighted by molar-refractivity contribution is 0.102. The Hall–Kier alpha value is -2.22. The molecule has 0 aliphatic heterocycles. The van der Waals surface area contributed by atoms with Gasteiger partial charge in [-0.2, -0.15) is 0 Å². The lowest BCUT2D eigenvalue weighted by atomic mass is 10.1. The van der Waals surface area contributed by atoms with Gasteiger partial charge in [0.15, 0.2) is 0 Å². The number of sulfonamides is 1. The number of anilines is 1. The molecule has 0 fully saturated rings. The molecule has 1 unspecified atom stereocenters. The fourth-order valence-electron chi connectivity index (χ4n) is 2.43. The molecule has 2 aromatic carbocycles. The van der Waals surface area contributed by atoms with Gasteiger partial charge in [-0.3, -0.25) is 4.79 Å². The maximum atomic E-state index is 12.3. The van der Waals surface area contributed by atoms with Crippen LogP contribution in [-0.2, 0) is 21.2 Å².